The fraction of sp³-hybridized carbons (Fsp3) is 0.588. The van der Waals surface area contributed by atoms with Gasteiger partial charge in [0.1, 0.15) is 6.04 Å². The number of amides is 1. The summed E-state index contributed by atoms with van der Waals surface area (Å²) in [5.74, 6) is 0.995. The number of anilines is 2. The summed E-state index contributed by atoms with van der Waals surface area (Å²) < 4.78 is 0. The van der Waals surface area contributed by atoms with Crippen molar-refractivity contribution in [1.29, 1.82) is 0 Å². The summed E-state index contributed by atoms with van der Waals surface area (Å²) in [4.78, 5) is 14.9. The normalized spacial score (nSPS) is 31.9. The maximum atomic E-state index is 12.5. The van der Waals surface area contributed by atoms with Crippen LogP contribution in [0.3, 0.4) is 0 Å². The molecule has 4 rings (SSSR count). The molecule has 3 atom stereocenters. The lowest BCUT2D eigenvalue weighted by Crippen LogP contribution is -2.58. The van der Waals surface area contributed by atoms with Crippen LogP contribution in [-0.2, 0) is 4.79 Å². The van der Waals surface area contributed by atoms with E-state index >= 15 is 0 Å². The molecular weight excluding hydrogens is 248 g/mol. The number of piperidine rings is 1. The van der Waals surface area contributed by atoms with Gasteiger partial charge in [-0.05, 0) is 50.2 Å². The fourth-order valence-electron chi connectivity index (χ4n) is 4.47. The van der Waals surface area contributed by atoms with Crippen LogP contribution in [0.15, 0.2) is 18.2 Å². The average molecular weight is 270 g/mol. The number of nitrogens with one attached hydrogen (secondary N) is 1. The molecule has 1 aromatic carbocycles. The van der Waals surface area contributed by atoms with Gasteiger partial charge in [0, 0.05) is 6.04 Å². The molecule has 3 nitrogen and oxygen atoms in total. The molecular formula is C17H22N2O. The van der Waals surface area contributed by atoms with E-state index in [2.05, 4.69) is 35.3 Å². The molecule has 3 aliphatic rings. The second kappa shape index (κ2) is 4.51. The van der Waals surface area contributed by atoms with Crippen molar-refractivity contribution in [3.8, 4) is 0 Å². The third kappa shape index (κ3) is 1.68. The highest BCUT2D eigenvalue weighted by atomic mass is 16.2. The molecule has 106 valence electrons. The van der Waals surface area contributed by atoms with Gasteiger partial charge in [-0.3, -0.25) is 4.79 Å². The van der Waals surface area contributed by atoms with Gasteiger partial charge in [-0.15, -0.1) is 0 Å². The summed E-state index contributed by atoms with van der Waals surface area (Å²) in [6.07, 6.45) is 7.51. The number of aryl methyl sites for hydroxylation is 1. The lowest BCUT2D eigenvalue weighted by Gasteiger charge is -2.51. The molecule has 1 saturated heterocycles. The van der Waals surface area contributed by atoms with Crippen molar-refractivity contribution in [2.45, 2.75) is 57.5 Å². The first kappa shape index (κ1) is 12.2. The van der Waals surface area contributed by atoms with E-state index in [4.69, 9.17) is 0 Å². The Labute approximate surface area is 120 Å². The number of fused-ring (bicyclic) bond motifs is 5. The third-order valence-corrected chi connectivity index (χ3v) is 5.45. The molecule has 2 aliphatic heterocycles. The molecule has 2 heterocycles. The molecule has 1 aromatic rings. The Kier molecular flexibility index (Phi) is 2.76. The average Bonchev–Trinajstić information content (AvgIpc) is 2.48. The Morgan fingerprint density at radius 2 is 2.00 bits per heavy atom. The number of para-hydroxylation sites is 1. The summed E-state index contributed by atoms with van der Waals surface area (Å²) in [7, 11) is 0. The maximum Gasteiger partial charge on any atom is 0.247 e. The molecule has 1 amide bonds. The predicted octanol–water partition coefficient (Wildman–Crippen LogP) is 3.47. The van der Waals surface area contributed by atoms with Crippen molar-refractivity contribution in [3.63, 3.8) is 0 Å². The molecule has 20 heavy (non-hydrogen) atoms. The number of carbonyl (C=O) groups excluding carboxylic acids is 1. The smallest absolute Gasteiger partial charge is 0.247 e. The van der Waals surface area contributed by atoms with E-state index in [0.29, 0.717) is 6.04 Å². The highest BCUT2D eigenvalue weighted by molar-refractivity contribution is 6.04. The molecule has 1 saturated carbocycles. The molecule has 3 heteroatoms. The van der Waals surface area contributed by atoms with Gasteiger partial charge in [0.05, 0.1) is 11.4 Å². The fourth-order valence-corrected chi connectivity index (χ4v) is 4.47. The first-order chi connectivity index (χ1) is 9.75. The molecule has 3 unspecified atom stereocenters. The summed E-state index contributed by atoms with van der Waals surface area (Å²) in [6.45, 7) is 2.09. The predicted molar refractivity (Wildman–Crippen MR) is 81.1 cm³/mol. The Morgan fingerprint density at radius 1 is 1.15 bits per heavy atom. The minimum atomic E-state index is 0.0589. The number of hydrogen-bond acceptors (Lipinski definition) is 2. The van der Waals surface area contributed by atoms with Crippen LogP contribution in [0, 0.1) is 12.8 Å². The Balaban J connectivity index is 1.81. The topological polar surface area (TPSA) is 32.3 Å². The molecule has 0 spiro atoms. The van der Waals surface area contributed by atoms with Crippen LogP contribution >= 0.6 is 0 Å². The largest absolute Gasteiger partial charge is 0.355 e. The van der Waals surface area contributed by atoms with Crippen LogP contribution in [-0.4, -0.2) is 18.0 Å². The number of carbonyl (C=O) groups is 1. The molecule has 0 aromatic heterocycles. The van der Waals surface area contributed by atoms with Crippen molar-refractivity contribution >= 4 is 17.3 Å². The minimum absolute atomic E-state index is 0.0589. The zero-order valence-electron chi connectivity index (χ0n) is 12.1. The van der Waals surface area contributed by atoms with Gasteiger partial charge >= 0.3 is 0 Å². The lowest BCUT2D eigenvalue weighted by molar-refractivity contribution is -0.118. The van der Waals surface area contributed by atoms with Crippen molar-refractivity contribution in [3.05, 3.63) is 23.8 Å². The van der Waals surface area contributed by atoms with E-state index < -0.39 is 0 Å². The number of hydrogen-bond donors (Lipinski definition) is 1. The Morgan fingerprint density at radius 3 is 2.90 bits per heavy atom. The highest BCUT2D eigenvalue weighted by Gasteiger charge is 2.44. The van der Waals surface area contributed by atoms with Gasteiger partial charge in [-0.2, -0.15) is 0 Å². The first-order valence-corrected chi connectivity index (χ1v) is 7.94. The van der Waals surface area contributed by atoms with Crippen LogP contribution in [0.2, 0.25) is 0 Å². The van der Waals surface area contributed by atoms with Crippen LogP contribution in [0.1, 0.15) is 44.1 Å². The second-order valence-corrected chi connectivity index (χ2v) is 6.57. The SMILES string of the molecule is Cc1cccc2c1NC(=O)C1CCC3CCCCC3N21. The summed E-state index contributed by atoms with van der Waals surface area (Å²) in [5, 5.41) is 3.14. The summed E-state index contributed by atoms with van der Waals surface area (Å²) in [6, 6.07) is 7.03. The number of nitrogens with zero attached hydrogens (tertiary/aromatic N) is 1. The molecule has 2 fully saturated rings. The zero-order valence-corrected chi connectivity index (χ0v) is 12.1. The zero-order chi connectivity index (χ0) is 13.7. The Bertz CT molecular complexity index is 554. The maximum absolute atomic E-state index is 12.5. The van der Waals surface area contributed by atoms with Gasteiger partial charge in [0.15, 0.2) is 0 Å². The van der Waals surface area contributed by atoms with E-state index in [-0.39, 0.29) is 11.9 Å². The minimum Gasteiger partial charge on any atom is -0.355 e. The van der Waals surface area contributed by atoms with Crippen LogP contribution in [0.25, 0.3) is 0 Å². The van der Waals surface area contributed by atoms with E-state index in [1.807, 2.05) is 0 Å². The van der Waals surface area contributed by atoms with Crippen molar-refractivity contribution in [2.75, 3.05) is 10.2 Å². The quantitative estimate of drug-likeness (QED) is 0.783. The van der Waals surface area contributed by atoms with Gasteiger partial charge in [-0.1, -0.05) is 25.0 Å². The first-order valence-electron chi connectivity index (χ1n) is 7.94. The lowest BCUT2D eigenvalue weighted by atomic mass is 9.75. The van der Waals surface area contributed by atoms with Gasteiger partial charge in [0.25, 0.3) is 0 Å². The monoisotopic (exact) mass is 270 g/mol. The van der Waals surface area contributed by atoms with Gasteiger partial charge < -0.3 is 10.2 Å². The van der Waals surface area contributed by atoms with E-state index in [9.17, 15) is 4.79 Å². The van der Waals surface area contributed by atoms with Crippen LogP contribution in [0.4, 0.5) is 11.4 Å². The standard InChI is InChI=1S/C17H22N2O/c1-11-5-4-8-14-16(11)18-17(20)15-10-9-12-6-2-3-7-13(12)19(14)15/h4-5,8,12-13,15H,2-3,6-7,9-10H2,1H3,(H,18,20). The molecule has 1 aliphatic carbocycles. The van der Waals surface area contributed by atoms with E-state index in [0.717, 1.165) is 18.0 Å². The highest BCUT2D eigenvalue weighted by Crippen LogP contribution is 2.45. The van der Waals surface area contributed by atoms with Crippen LogP contribution < -0.4 is 10.2 Å². The van der Waals surface area contributed by atoms with Gasteiger partial charge in [-0.25, -0.2) is 0 Å². The van der Waals surface area contributed by atoms with E-state index in [1.165, 1.54) is 43.4 Å². The molecule has 0 bridgehead atoms. The second-order valence-electron chi connectivity index (χ2n) is 6.57. The Hall–Kier alpha value is -1.51. The summed E-state index contributed by atoms with van der Waals surface area (Å²) >= 11 is 0. The van der Waals surface area contributed by atoms with Gasteiger partial charge in [0.2, 0.25) is 5.91 Å². The van der Waals surface area contributed by atoms with E-state index in [1.54, 1.807) is 0 Å². The number of rotatable bonds is 0. The summed E-state index contributed by atoms with van der Waals surface area (Å²) in [5.41, 5.74) is 3.47. The third-order valence-electron chi connectivity index (χ3n) is 5.45. The molecule has 1 N–H and O–H groups in total. The van der Waals surface area contributed by atoms with Crippen molar-refractivity contribution < 1.29 is 4.79 Å². The van der Waals surface area contributed by atoms with Crippen molar-refractivity contribution in [1.82, 2.24) is 0 Å². The number of benzene rings is 1. The molecule has 0 radical (unpaired) electrons. The van der Waals surface area contributed by atoms with Crippen LogP contribution in [0.5, 0.6) is 0 Å². The van der Waals surface area contributed by atoms with Crippen molar-refractivity contribution in [2.24, 2.45) is 5.92 Å².